The molecule has 0 aliphatic carbocycles. The van der Waals surface area contributed by atoms with Crippen LogP contribution >= 0.6 is 11.8 Å². The topological polar surface area (TPSA) is 69.6 Å². The Morgan fingerprint density at radius 2 is 1.80 bits per heavy atom. The Labute approximate surface area is 149 Å². The summed E-state index contributed by atoms with van der Waals surface area (Å²) in [5.74, 6) is -0.344. The third-order valence-electron chi connectivity index (χ3n) is 3.41. The van der Waals surface area contributed by atoms with Gasteiger partial charge in [-0.15, -0.1) is 11.8 Å². The van der Waals surface area contributed by atoms with E-state index in [4.69, 9.17) is 0 Å². The van der Waals surface area contributed by atoms with Gasteiger partial charge in [-0.2, -0.15) is 0 Å². The molecule has 0 aromatic heterocycles. The van der Waals surface area contributed by atoms with Crippen molar-refractivity contribution in [2.45, 2.75) is 6.54 Å². The summed E-state index contributed by atoms with van der Waals surface area (Å²) in [6, 6.07) is 12.3. The van der Waals surface area contributed by atoms with E-state index >= 15 is 0 Å². The summed E-state index contributed by atoms with van der Waals surface area (Å²) in [4.78, 5) is 25.4. The van der Waals surface area contributed by atoms with Gasteiger partial charge in [-0.25, -0.2) is 4.39 Å². The maximum Gasteiger partial charge on any atom is 0.234 e. The molecule has 5 nitrogen and oxygen atoms in total. The van der Waals surface area contributed by atoms with Crippen molar-refractivity contribution in [2.75, 3.05) is 23.9 Å². The predicted octanol–water partition coefficient (Wildman–Crippen LogP) is 2.86. The summed E-state index contributed by atoms with van der Waals surface area (Å²) in [5, 5.41) is 12.4. The number of benzene rings is 2. The second-order valence-corrected chi connectivity index (χ2v) is 6.41. The van der Waals surface area contributed by atoms with Gasteiger partial charge in [0.05, 0.1) is 11.5 Å². The Hall–Kier alpha value is -2.54. The Balaban J connectivity index is 1.73. The van der Waals surface area contributed by atoms with Gasteiger partial charge in [0.25, 0.3) is 0 Å². The number of anilines is 1. The van der Waals surface area contributed by atoms with Crippen LogP contribution in [-0.4, -0.2) is 40.4 Å². The van der Waals surface area contributed by atoms with E-state index in [9.17, 15) is 19.1 Å². The lowest BCUT2D eigenvalue weighted by Crippen LogP contribution is -2.28. The average Bonchev–Trinajstić information content (AvgIpc) is 2.59. The number of nitrogens with zero attached hydrogens (tertiary/aromatic N) is 1. The number of hydrogen-bond acceptors (Lipinski definition) is 4. The fourth-order valence-electron chi connectivity index (χ4n) is 2.06. The molecule has 7 heteroatoms. The molecule has 0 bridgehead atoms. The Morgan fingerprint density at radius 3 is 2.48 bits per heavy atom. The zero-order chi connectivity index (χ0) is 18.2. The van der Waals surface area contributed by atoms with E-state index in [2.05, 4.69) is 5.32 Å². The molecule has 2 aromatic rings. The first-order valence-corrected chi connectivity index (χ1v) is 8.75. The summed E-state index contributed by atoms with van der Waals surface area (Å²) in [6.07, 6.45) is 0. The molecular formula is C18H19FN2O3S. The Bertz CT molecular complexity index is 737. The van der Waals surface area contributed by atoms with E-state index in [0.29, 0.717) is 17.8 Å². The van der Waals surface area contributed by atoms with Crippen molar-refractivity contribution < 1.29 is 19.1 Å². The number of nitrogens with one attached hydrogen (secondary N) is 1. The number of aromatic hydroxyl groups is 1. The zero-order valence-electron chi connectivity index (χ0n) is 13.7. The standard InChI is InChI=1S/C18H19FN2O3S/c1-21(10-13-4-2-3-5-16(13)22)18(24)12-25-11-17(23)20-15-8-6-14(19)7-9-15/h2-9,22H,10-12H2,1H3,(H,20,23). The fourth-order valence-corrected chi connectivity index (χ4v) is 2.81. The summed E-state index contributed by atoms with van der Waals surface area (Å²) in [5.41, 5.74) is 1.17. The van der Waals surface area contributed by atoms with Crippen LogP contribution in [0.1, 0.15) is 5.56 Å². The molecule has 2 aromatic carbocycles. The minimum atomic E-state index is -0.370. The van der Waals surface area contributed by atoms with Gasteiger partial charge in [0.15, 0.2) is 0 Å². The third kappa shape index (κ3) is 6.11. The third-order valence-corrected chi connectivity index (χ3v) is 4.33. The molecule has 0 unspecified atom stereocenters. The fraction of sp³-hybridized carbons (Fsp3) is 0.222. The summed E-state index contributed by atoms with van der Waals surface area (Å²) in [7, 11) is 1.65. The number of amides is 2. The van der Waals surface area contributed by atoms with Crippen LogP contribution in [0.5, 0.6) is 5.75 Å². The van der Waals surface area contributed by atoms with Gasteiger partial charge in [0, 0.05) is 24.8 Å². The number of carbonyl (C=O) groups is 2. The lowest BCUT2D eigenvalue weighted by molar-refractivity contribution is -0.127. The second-order valence-electron chi connectivity index (χ2n) is 5.43. The van der Waals surface area contributed by atoms with Crippen LogP contribution in [-0.2, 0) is 16.1 Å². The number of rotatable bonds is 7. The molecule has 0 aliphatic rings. The molecule has 0 heterocycles. The average molecular weight is 362 g/mol. The van der Waals surface area contributed by atoms with Crippen molar-refractivity contribution in [1.82, 2.24) is 4.90 Å². The Morgan fingerprint density at radius 1 is 1.12 bits per heavy atom. The number of para-hydroxylation sites is 1. The number of phenols is 1. The number of hydrogen-bond donors (Lipinski definition) is 2. The van der Waals surface area contributed by atoms with Crippen LogP contribution in [0.25, 0.3) is 0 Å². The number of halogens is 1. The molecule has 0 radical (unpaired) electrons. The van der Waals surface area contributed by atoms with E-state index in [1.165, 1.54) is 40.9 Å². The molecule has 2 N–H and O–H groups in total. The number of carbonyl (C=O) groups excluding carboxylic acids is 2. The molecule has 0 saturated carbocycles. The minimum absolute atomic E-state index is 0.119. The highest BCUT2D eigenvalue weighted by Gasteiger charge is 2.12. The van der Waals surface area contributed by atoms with E-state index in [1.807, 2.05) is 0 Å². The Kier molecular flexibility index (Phi) is 6.82. The molecule has 0 saturated heterocycles. The first-order valence-electron chi connectivity index (χ1n) is 7.59. The molecule has 0 fully saturated rings. The van der Waals surface area contributed by atoms with E-state index in [0.717, 1.165) is 0 Å². The molecule has 0 aliphatic heterocycles. The van der Waals surface area contributed by atoms with Crippen LogP contribution in [0.3, 0.4) is 0 Å². The van der Waals surface area contributed by atoms with Crippen molar-refractivity contribution in [3.8, 4) is 5.75 Å². The molecule has 132 valence electrons. The first kappa shape index (κ1) is 18.8. The lowest BCUT2D eigenvalue weighted by Gasteiger charge is -2.17. The van der Waals surface area contributed by atoms with Crippen molar-refractivity contribution >= 4 is 29.3 Å². The quantitative estimate of drug-likeness (QED) is 0.795. The van der Waals surface area contributed by atoms with Crippen LogP contribution < -0.4 is 5.32 Å². The van der Waals surface area contributed by atoms with Gasteiger partial charge in [0.1, 0.15) is 11.6 Å². The summed E-state index contributed by atoms with van der Waals surface area (Å²) < 4.78 is 12.8. The van der Waals surface area contributed by atoms with E-state index < -0.39 is 0 Å². The van der Waals surface area contributed by atoms with Crippen LogP contribution in [0.15, 0.2) is 48.5 Å². The summed E-state index contributed by atoms with van der Waals surface area (Å²) in [6.45, 7) is 0.299. The largest absolute Gasteiger partial charge is 0.508 e. The maximum atomic E-state index is 12.8. The molecular weight excluding hydrogens is 343 g/mol. The summed E-state index contributed by atoms with van der Waals surface area (Å²) >= 11 is 1.20. The van der Waals surface area contributed by atoms with Gasteiger partial charge in [-0.3, -0.25) is 9.59 Å². The lowest BCUT2D eigenvalue weighted by atomic mass is 10.2. The van der Waals surface area contributed by atoms with E-state index in [1.54, 1.807) is 31.3 Å². The highest BCUT2D eigenvalue weighted by molar-refractivity contribution is 8.00. The van der Waals surface area contributed by atoms with Gasteiger partial charge >= 0.3 is 0 Å². The highest BCUT2D eigenvalue weighted by Crippen LogP contribution is 2.17. The highest BCUT2D eigenvalue weighted by atomic mass is 32.2. The van der Waals surface area contributed by atoms with Crippen molar-refractivity contribution in [1.29, 1.82) is 0 Å². The zero-order valence-corrected chi connectivity index (χ0v) is 14.6. The normalized spacial score (nSPS) is 10.3. The molecule has 25 heavy (non-hydrogen) atoms. The number of phenolic OH excluding ortho intramolecular Hbond substituents is 1. The minimum Gasteiger partial charge on any atom is -0.508 e. The van der Waals surface area contributed by atoms with Crippen LogP contribution in [0, 0.1) is 5.82 Å². The van der Waals surface area contributed by atoms with Gasteiger partial charge in [-0.1, -0.05) is 18.2 Å². The molecule has 0 atom stereocenters. The van der Waals surface area contributed by atoms with Crippen LogP contribution in [0.4, 0.5) is 10.1 Å². The predicted molar refractivity (Wildman–Crippen MR) is 96.9 cm³/mol. The van der Waals surface area contributed by atoms with E-state index in [-0.39, 0.29) is 34.9 Å². The van der Waals surface area contributed by atoms with Gasteiger partial charge in [0.2, 0.25) is 11.8 Å². The van der Waals surface area contributed by atoms with Crippen molar-refractivity contribution in [2.24, 2.45) is 0 Å². The van der Waals surface area contributed by atoms with Crippen molar-refractivity contribution in [3.63, 3.8) is 0 Å². The molecule has 0 spiro atoms. The van der Waals surface area contributed by atoms with Crippen LogP contribution in [0.2, 0.25) is 0 Å². The SMILES string of the molecule is CN(Cc1ccccc1O)C(=O)CSCC(=O)Nc1ccc(F)cc1. The second kappa shape index (κ2) is 9.08. The smallest absolute Gasteiger partial charge is 0.234 e. The molecule has 2 rings (SSSR count). The van der Waals surface area contributed by atoms with Crippen molar-refractivity contribution in [3.05, 3.63) is 59.9 Å². The maximum absolute atomic E-state index is 12.8. The van der Waals surface area contributed by atoms with Gasteiger partial charge < -0.3 is 15.3 Å². The first-order chi connectivity index (χ1) is 12.0. The monoisotopic (exact) mass is 362 g/mol. The number of thioether (sulfide) groups is 1. The van der Waals surface area contributed by atoms with Gasteiger partial charge in [-0.05, 0) is 30.3 Å². The molecule has 2 amide bonds.